The zero-order valence-corrected chi connectivity index (χ0v) is 14.0. The second kappa shape index (κ2) is 9.48. The summed E-state index contributed by atoms with van der Waals surface area (Å²) in [6.45, 7) is -0.639. The molecule has 150 valence electrons. The van der Waals surface area contributed by atoms with E-state index < -0.39 is 74.4 Å². The van der Waals surface area contributed by atoms with Gasteiger partial charge >= 0.3 is 0 Å². The van der Waals surface area contributed by atoms with Crippen molar-refractivity contribution >= 4 is 0 Å². The molecule has 0 aliphatic carbocycles. The molecule has 9 atom stereocenters. The fourth-order valence-electron chi connectivity index (χ4n) is 2.53. The molecule has 0 aromatic carbocycles. The lowest BCUT2D eigenvalue weighted by molar-refractivity contribution is -0.352. The Morgan fingerprint density at radius 2 is 1.64 bits per heavy atom. The predicted octanol–water partition coefficient (Wildman–Crippen LogP) is -4.51. The zero-order chi connectivity index (χ0) is 19.4. The Labute approximate surface area is 144 Å². The van der Waals surface area contributed by atoms with E-state index in [4.69, 9.17) is 24.4 Å². The topological polar surface area (TPSA) is 190 Å². The minimum Gasteiger partial charge on any atom is -0.396 e. The van der Waals surface area contributed by atoms with Crippen molar-refractivity contribution in [3.8, 4) is 0 Å². The Bertz CT molecular complexity index is 397. The molecular formula is C14H28O11. The number of methoxy groups -OCH3 is 1. The van der Waals surface area contributed by atoms with E-state index in [0.29, 0.717) is 0 Å². The van der Waals surface area contributed by atoms with Crippen LogP contribution in [0.15, 0.2) is 0 Å². The third kappa shape index (κ3) is 4.64. The van der Waals surface area contributed by atoms with Crippen LogP contribution in [-0.4, -0.2) is 116 Å². The monoisotopic (exact) mass is 372 g/mol. The Morgan fingerprint density at radius 3 is 2.04 bits per heavy atom. The molecule has 1 fully saturated rings. The molecule has 0 bridgehead atoms. The normalized spacial score (nSPS) is 36.0. The van der Waals surface area contributed by atoms with E-state index in [1.807, 2.05) is 0 Å². The van der Waals surface area contributed by atoms with Gasteiger partial charge in [-0.15, -0.1) is 0 Å². The molecule has 1 aliphatic rings. The molecule has 11 nitrogen and oxygen atoms in total. The molecule has 0 radical (unpaired) electrons. The summed E-state index contributed by atoms with van der Waals surface area (Å²) in [5.74, 6) is -2.98. The van der Waals surface area contributed by atoms with E-state index in [1.54, 1.807) is 0 Å². The lowest BCUT2D eigenvalue weighted by Crippen LogP contribution is -2.56. The highest BCUT2D eigenvalue weighted by Gasteiger charge is 2.57. The molecule has 0 spiro atoms. The van der Waals surface area contributed by atoms with Gasteiger partial charge in [0.05, 0.1) is 12.7 Å². The van der Waals surface area contributed by atoms with Gasteiger partial charge in [-0.2, -0.15) is 0 Å². The summed E-state index contributed by atoms with van der Waals surface area (Å²) in [4.78, 5) is 0. The third-order valence-electron chi connectivity index (χ3n) is 4.30. The number of ether oxygens (including phenoxy) is 3. The molecular weight excluding hydrogens is 344 g/mol. The summed E-state index contributed by atoms with van der Waals surface area (Å²) in [6, 6.07) is 0. The molecule has 1 saturated heterocycles. The zero-order valence-electron chi connectivity index (χ0n) is 14.0. The van der Waals surface area contributed by atoms with Gasteiger partial charge in [0.25, 0.3) is 0 Å². The van der Waals surface area contributed by atoms with Crippen molar-refractivity contribution in [2.75, 3.05) is 26.9 Å². The Hall–Kier alpha value is -0.440. The standard InChI is InChI=1S/C14H28O11/c1-6(3-15)8(18)10(20)11(21)13(23-2)25-14(5-17)12(22)9(19)7(4-16)24-14/h6-13,15-22H,3-5H2,1-2H3. The van der Waals surface area contributed by atoms with Crippen LogP contribution in [0.1, 0.15) is 6.92 Å². The van der Waals surface area contributed by atoms with Crippen LogP contribution in [0.3, 0.4) is 0 Å². The van der Waals surface area contributed by atoms with Crippen molar-refractivity contribution in [3.05, 3.63) is 0 Å². The fraction of sp³-hybridized carbons (Fsp3) is 1.00. The Kier molecular flexibility index (Phi) is 8.57. The van der Waals surface area contributed by atoms with Crippen LogP contribution in [0, 0.1) is 5.92 Å². The smallest absolute Gasteiger partial charge is 0.224 e. The first-order chi connectivity index (χ1) is 11.7. The molecule has 0 saturated carbocycles. The molecule has 9 unspecified atom stereocenters. The molecule has 1 heterocycles. The minimum atomic E-state index is -2.22. The number of rotatable bonds is 10. The maximum absolute atomic E-state index is 10.2. The highest BCUT2D eigenvalue weighted by atomic mass is 16.8. The van der Waals surface area contributed by atoms with Gasteiger partial charge in [0.2, 0.25) is 5.79 Å². The number of aliphatic hydroxyl groups is 8. The van der Waals surface area contributed by atoms with Gasteiger partial charge in [0, 0.05) is 19.6 Å². The van der Waals surface area contributed by atoms with Crippen molar-refractivity contribution in [2.45, 2.75) is 55.6 Å². The number of hydrogen-bond donors (Lipinski definition) is 8. The van der Waals surface area contributed by atoms with Crippen LogP contribution in [0.4, 0.5) is 0 Å². The van der Waals surface area contributed by atoms with Gasteiger partial charge in [0.1, 0.15) is 37.1 Å². The van der Waals surface area contributed by atoms with E-state index in [1.165, 1.54) is 6.92 Å². The first-order valence-corrected chi connectivity index (χ1v) is 7.80. The highest BCUT2D eigenvalue weighted by molar-refractivity contribution is 4.97. The summed E-state index contributed by atoms with van der Waals surface area (Å²) in [7, 11) is 1.09. The van der Waals surface area contributed by atoms with Gasteiger partial charge in [-0.25, -0.2) is 0 Å². The van der Waals surface area contributed by atoms with Crippen LogP contribution < -0.4 is 0 Å². The van der Waals surface area contributed by atoms with Crippen molar-refractivity contribution in [2.24, 2.45) is 5.92 Å². The van der Waals surface area contributed by atoms with Crippen molar-refractivity contribution < 1.29 is 55.1 Å². The minimum absolute atomic E-state index is 0.448. The first kappa shape index (κ1) is 22.6. The maximum atomic E-state index is 10.2. The van der Waals surface area contributed by atoms with E-state index in [0.717, 1.165) is 7.11 Å². The Balaban J connectivity index is 2.92. The predicted molar refractivity (Wildman–Crippen MR) is 79.9 cm³/mol. The number of aliphatic hydroxyl groups excluding tert-OH is 8. The first-order valence-electron chi connectivity index (χ1n) is 7.80. The summed E-state index contributed by atoms with van der Waals surface area (Å²) in [6.07, 6.45) is -11.4. The molecule has 11 heteroatoms. The largest absolute Gasteiger partial charge is 0.396 e. The molecule has 0 aromatic heterocycles. The fourth-order valence-corrected chi connectivity index (χ4v) is 2.53. The van der Waals surface area contributed by atoms with E-state index >= 15 is 0 Å². The molecule has 25 heavy (non-hydrogen) atoms. The van der Waals surface area contributed by atoms with E-state index in [2.05, 4.69) is 0 Å². The lowest BCUT2D eigenvalue weighted by Gasteiger charge is -2.37. The molecule has 8 N–H and O–H groups in total. The second-order valence-electron chi connectivity index (χ2n) is 6.10. The summed E-state index contributed by atoms with van der Waals surface area (Å²) in [5, 5.41) is 77.6. The third-order valence-corrected chi connectivity index (χ3v) is 4.30. The van der Waals surface area contributed by atoms with Crippen molar-refractivity contribution in [3.63, 3.8) is 0 Å². The van der Waals surface area contributed by atoms with Gasteiger partial charge in [-0.3, -0.25) is 0 Å². The summed E-state index contributed by atoms with van der Waals surface area (Å²) in [5.41, 5.74) is 0. The van der Waals surface area contributed by atoms with Gasteiger partial charge in [-0.05, 0) is 0 Å². The van der Waals surface area contributed by atoms with Crippen molar-refractivity contribution in [1.29, 1.82) is 0 Å². The Morgan fingerprint density at radius 1 is 1.04 bits per heavy atom. The second-order valence-corrected chi connectivity index (χ2v) is 6.10. The average Bonchev–Trinajstić information content (AvgIpc) is 2.88. The van der Waals surface area contributed by atoms with Crippen LogP contribution in [0.2, 0.25) is 0 Å². The van der Waals surface area contributed by atoms with Gasteiger partial charge in [-0.1, -0.05) is 6.92 Å². The van der Waals surface area contributed by atoms with Gasteiger partial charge in [0.15, 0.2) is 6.29 Å². The van der Waals surface area contributed by atoms with Crippen LogP contribution in [-0.2, 0) is 14.2 Å². The quantitative estimate of drug-likeness (QED) is 0.172. The van der Waals surface area contributed by atoms with Crippen LogP contribution in [0.5, 0.6) is 0 Å². The summed E-state index contributed by atoms with van der Waals surface area (Å²) < 4.78 is 15.3. The molecule has 0 aromatic rings. The van der Waals surface area contributed by atoms with E-state index in [-0.39, 0.29) is 0 Å². The number of hydrogen-bond acceptors (Lipinski definition) is 11. The van der Waals surface area contributed by atoms with Crippen LogP contribution in [0.25, 0.3) is 0 Å². The van der Waals surface area contributed by atoms with Gasteiger partial charge < -0.3 is 55.1 Å². The molecule has 1 rings (SSSR count). The van der Waals surface area contributed by atoms with Crippen molar-refractivity contribution in [1.82, 2.24) is 0 Å². The van der Waals surface area contributed by atoms with Crippen LogP contribution >= 0.6 is 0 Å². The molecule has 1 aliphatic heterocycles. The highest BCUT2D eigenvalue weighted by Crippen LogP contribution is 2.34. The molecule has 0 amide bonds. The maximum Gasteiger partial charge on any atom is 0.224 e. The summed E-state index contributed by atoms with van der Waals surface area (Å²) >= 11 is 0. The SMILES string of the molecule is COC(OC1(CO)OC(CO)C(O)C1O)C(O)C(O)C(O)C(C)CO. The van der Waals surface area contributed by atoms with E-state index in [9.17, 15) is 30.6 Å². The average molecular weight is 372 g/mol. The lowest BCUT2D eigenvalue weighted by atomic mass is 9.96.